The summed E-state index contributed by atoms with van der Waals surface area (Å²) in [6, 6.07) is 11.5. The molecule has 2 aromatic rings. The van der Waals surface area contributed by atoms with Crippen LogP contribution in [-0.4, -0.2) is 13.0 Å². The molecule has 1 unspecified atom stereocenters. The van der Waals surface area contributed by atoms with E-state index in [2.05, 4.69) is 0 Å². The first-order chi connectivity index (χ1) is 9.61. The van der Waals surface area contributed by atoms with Crippen LogP contribution in [0.15, 0.2) is 42.5 Å². The third kappa shape index (κ3) is 2.47. The van der Waals surface area contributed by atoms with E-state index in [-0.39, 0.29) is 30.0 Å². The summed E-state index contributed by atoms with van der Waals surface area (Å²) in [5.41, 5.74) is 2.43. The molecule has 3 nitrogen and oxygen atoms in total. The fourth-order valence-electron chi connectivity index (χ4n) is 2.51. The van der Waals surface area contributed by atoms with Crippen LogP contribution in [0.1, 0.15) is 18.4 Å². The Kier molecular flexibility index (Phi) is 4.19. The minimum Gasteiger partial charge on any atom is -0.497 e. The Labute approximate surface area is 128 Å². The zero-order valence-electron chi connectivity index (χ0n) is 11.7. The number of hydrogen-bond donors (Lipinski definition) is 0. The molecule has 0 N–H and O–H groups in total. The Morgan fingerprint density at radius 1 is 1.14 bits per heavy atom. The van der Waals surface area contributed by atoms with Crippen molar-refractivity contribution in [2.24, 2.45) is 0 Å². The van der Waals surface area contributed by atoms with E-state index < -0.39 is 0 Å². The number of benzene rings is 2. The lowest BCUT2D eigenvalue weighted by atomic mass is 10.0. The standard InChI is InChI=1S/C16H14FNO2.ClH/c1-10-14-9-13(20-2)7-8-15(14)18(16(10)19)12-5-3-11(17)4-6-12;/h3-10H,1-2H3;1H. The van der Waals surface area contributed by atoms with Gasteiger partial charge < -0.3 is 4.74 Å². The van der Waals surface area contributed by atoms with Crippen molar-refractivity contribution in [2.75, 3.05) is 12.0 Å². The molecule has 1 aliphatic heterocycles. The second-order valence-electron chi connectivity index (χ2n) is 4.80. The van der Waals surface area contributed by atoms with Crippen molar-refractivity contribution in [3.8, 4) is 5.75 Å². The highest BCUT2D eigenvalue weighted by Gasteiger charge is 2.35. The maximum atomic E-state index is 13.0. The van der Waals surface area contributed by atoms with Gasteiger partial charge in [0.25, 0.3) is 0 Å². The molecule has 0 saturated carbocycles. The van der Waals surface area contributed by atoms with E-state index in [1.807, 2.05) is 25.1 Å². The highest BCUT2D eigenvalue weighted by atomic mass is 35.5. The number of carbonyl (C=O) groups excluding carboxylic acids is 1. The number of ether oxygens (including phenoxy) is 1. The summed E-state index contributed by atoms with van der Waals surface area (Å²) in [5.74, 6) is 0.165. The molecule has 2 aromatic carbocycles. The molecule has 5 heteroatoms. The first-order valence-electron chi connectivity index (χ1n) is 6.39. The first-order valence-corrected chi connectivity index (χ1v) is 6.39. The number of nitrogens with zero attached hydrogens (tertiary/aromatic N) is 1. The molecule has 0 aromatic heterocycles. The van der Waals surface area contributed by atoms with Gasteiger partial charge in [0.05, 0.1) is 18.7 Å². The number of rotatable bonds is 2. The topological polar surface area (TPSA) is 29.5 Å². The number of halogens is 2. The van der Waals surface area contributed by atoms with Gasteiger partial charge in [0.15, 0.2) is 0 Å². The molecule has 110 valence electrons. The SMILES string of the molecule is COc1ccc2c(c1)C(C)C(=O)N2c1ccc(F)cc1.Cl. The summed E-state index contributed by atoms with van der Waals surface area (Å²) < 4.78 is 18.2. The maximum absolute atomic E-state index is 13.0. The molecular formula is C16H15ClFNO2. The lowest BCUT2D eigenvalue weighted by Gasteiger charge is -2.18. The fraction of sp³-hybridized carbons (Fsp3) is 0.188. The molecule has 21 heavy (non-hydrogen) atoms. The Bertz CT molecular complexity index is 672. The Morgan fingerprint density at radius 3 is 2.43 bits per heavy atom. The summed E-state index contributed by atoms with van der Waals surface area (Å²) in [4.78, 5) is 14.1. The lowest BCUT2D eigenvalue weighted by Crippen LogP contribution is -2.22. The second-order valence-corrected chi connectivity index (χ2v) is 4.80. The van der Waals surface area contributed by atoms with E-state index in [1.54, 1.807) is 24.1 Å². The van der Waals surface area contributed by atoms with Crippen molar-refractivity contribution in [3.63, 3.8) is 0 Å². The van der Waals surface area contributed by atoms with Crippen molar-refractivity contribution in [1.29, 1.82) is 0 Å². The fourth-order valence-corrected chi connectivity index (χ4v) is 2.51. The van der Waals surface area contributed by atoms with Gasteiger partial charge in [-0.05, 0) is 55.0 Å². The van der Waals surface area contributed by atoms with Crippen molar-refractivity contribution >= 4 is 29.7 Å². The van der Waals surface area contributed by atoms with Crippen LogP contribution in [0, 0.1) is 5.82 Å². The highest BCUT2D eigenvalue weighted by Crippen LogP contribution is 2.43. The van der Waals surface area contributed by atoms with Crippen LogP contribution in [0.25, 0.3) is 0 Å². The molecular weight excluding hydrogens is 293 g/mol. The predicted molar refractivity (Wildman–Crippen MR) is 82.2 cm³/mol. The van der Waals surface area contributed by atoms with E-state index in [0.717, 1.165) is 17.0 Å². The van der Waals surface area contributed by atoms with Gasteiger partial charge in [0.2, 0.25) is 5.91 Å². The van der Waals surface area contributed by atoms with Gasteiger partial charge in [-0.25, -0.2) is 4.39 Å². The van der Waals surface area contributed by atoms with E-state index in [4.69, 9.17) is 4.74 Å². The number of hydrogen-bond acceptors (Lipinski definition) is 2. The maximum Gasteiger partial charge on any atom is 0.238 e. The van der Waals surface area contributed by atoms with Crippen molar-refractivity contribution in [1.82, 2.24) is 0 Å². The van der Waals surface area contributed by atoms with Gasteiger partial charge >= 0.3 is 0 Å². The third-order valence-corrected chi connectivity index (χ3v) is 3.62. The number of fused-ring (bicyclic) bond motifs is 1. The Morgan fingerprint density at radius 2 is 1.81 bits per heavy atom. The molecule has 0 bridgehead atoms. The normalized spacial score (nSPS) is 16.4. The largest absolute Gasteiger partial charge is 0.497 e. The molecule has 0 saturated heterocycles. The summed E-state index contributed by atoms with van der Waals surface area (Å²) >= 11 is 0. The zero-order chi connectivity index (χ0) is 14.3. The van der Waals surface area contributed by atoms with Crippen molar-refractivity contribution < 1.29 is 13.9 Å². The molecule has 1 amide bonds. The van der Waals surface area contributed by atoms with Gasteiger partial charge in [0, 0.05) is 5.69 Å². The van der Waals surface area contributed by atoms with E-state index in [0.29, 0.717) is 5.69 Å². The van der Waals surface area contributed by atoms with Crippen LogP contribution in [0.3, 0.4) is 0 Å². The number of anilines is 2. The van der Waals surface area contributed by atoms with Crippen LogP contribution in [0.5, 0.6) is 5.75 Å². The molecule has 3 rings (SSSR count). The molecule has 0 aliphatic carbocycles. The average Bonchev–Trinajstić information content (AvgIpc) is 2.72. The zero-order valence-corrected chi connectivity index (χ0v) is 12.5. The van der Waals surface area contributed by atoms with Gasteiger partial charge in [-0.3, -0.25) is 9.69 Å². The molecule has 1 atom stereocenters. The Hall–Kier alpha value is -2.07. The second kappa shape index (κ2) is 5.74. The van der Waals surface area contributed by atoms with Gasteiger partial charge in [0.1, 0.15) is 11.6 Å². The van der Waals surface area contributed by atoms with Crippen molar-refractivity contribution in [2.45, 2.75) is 12.8 Å². The summed E-state index contributed by atoms with van der Waals surface area (Å²) in [7, 11) is 1.60. The van der Waals surface area contributed by atoms with Crippen molar-refractivity contribution in [3.05, 3.63) is 53.8 Å². The quantitative estimate of drug-likeness (QED) is 0.838. The highest BCUT2D eigenvalue weighted by molar-refractivity contribution is 6.10. The molecule has 0 fully saturated rings. The number of amides is 1. The van der Waals surface area contributed by atoms with E-state index in [9.17, 15) is 9.18 Å². The molecule has 0 spiro atoms. The van der Waals surface area contributed by atoms with Crippen LogP contribution in [0.4, 0.5) is 15.8 Å². The molecule has 0 radical (unpaired) electrons. The summed E-state index contributed by atoms with van der Waals surface area (Å²) in [5, 5.41) is 0. The van der Waals surface area contributed by atoms with E-state index in [1.165, 1.54) is 12.1 Å². The van der Waals surface area contributed by atoms with Gasteiger partial charge in [-0.2, -0.15) is 0 Å². The smallest absolute Gasteiger partial charge is 0.238 e. The third-order valence-electron chi connectivity index (χ3n) is 3.62. The van der Waals surface area contributed by atoms with E-state index >= 15 is 0 Å². The van der Waals surface area contributed by atoms with Crippen LogP contribution in [-0.2, 0) is 4.79 Å². The number of carbonyl (C=O) groups is 1. The van der Waals surface area contributed by atoms with Crippen LogP contribution < -0.4 is 9.64 Å². The van der Waals surface area contributed by atoms with Crippen LogP contribution in [0.2, 0.25) is 0 Å². The summed E-state index contributed by atoms with van der Waals surface area (Å²) in [6.45, 7) is 1.87. The average molecular weight is 308 g/mol. The number of methoxy groups -OCH3 is 1. The first kappa shape index (κ1) is 15.3. The Balaban J connectivity index is 0.00000161. The van der Waals surface area contributed by atoms with Gasteiger partial charge in [-0.1, -0.05) is 0 Å². The molecule has 1 aliphatic rings. The van der Waals surface area contributed by atoms with Gasteiger partial charge in [-0.15, -0.1) is 12.4 Å². The molecule has 1 heterocycles. The van der Waals surface area contributed by atoms with Crippen LogP contribution >= 0.6 is 12.4 Å². The monoisotopic (exact) mass is 307 g/mol. The predicted octanol–water partition coefficient (Wildman–Crippen LogP) is 4.04. The minimum atomic E-state index is -0.316. The minimum absolute atomic E-state index is 0. The lowest BCUT2D eigenvalue weighted by molar-refractivity contribution is -0.118. The summed E-state index contributed by atoms with van der Waals surface area (Å²) in [6.07, 6.45) is 0.